The van der Waals surface area contributed by atoms with Gasteiger partial charge in [-0.2, -0.15) is 4.98 Å². The Balaban J connectivity index is 1.61. The first-order valence-corrected chi connectivity index (χ1v) is 7.69. The normalized spacial score (nSPS) is 21.9. The maximum absolute atomic E-state index is 12.5. The minimum absolute atomic E-state index is 0.120. The lowest BCUT2D eigenvalue weighted by molar-refractivity contribution is -0.136. The number of amides is 1. The van der Waals surface area contributed by atoms with Gasteiger partial charge in [-0.25, -0.2) is 0 Å². The fourth-order valence-electron chi connectivity index (χ4n) is 3.06. The predicted octanol–water partition coefficient (Wildman–Crippen LogP) is 0.357. The average Bonchev–Trinajstić information content (AvgIpc) is 2.54. The molecule has 0 unspecified atom stereocenters. The van der Waals surface area contributed by atoms with Gasteiger partial charge in [0.15, 0.2) is 0 Å². The summed E-state index contributed by atoms with van der Waals surface area (Å²) in [5.41, 5.74) is 5.32. The van der Waals surface area contributed by atoms with Crippen LogP contribution in [-0.4, -0.2) is 47.0 Å². The lowest BCUT2D eigenvalue weighted by Crippen LogP contribution is -2.51. The third-order valence-electron chi connectivity index (χ3n) is 4.28. The summed E-state index contributed by atoms with van der Waals surface area (Å²) < 4.78 is 0. The molecule has 2 heterocycles. The van der Waals surface area contributed by atoms with Gasteiger partial charge in [-0.3, -0.25) is 14.6 Å². The van der Waals surface area contributed by atoms with Crippen molar-refractivity contribution < 1.29 is 4.79 Å². The summed E-state index contributed by atoms with van der Waals surface area (Å²) in [6.07, 6.45) is 7.04. The molecule has 1 aliphatic carbocycles. The molecule has 1 saturated heterocycles. The van der Waals surface area contributed by atoms with Crippen LogP contribution in [0.15, 0.2) is 23.0 Å². The molecule has 0 bridgehead atoms. The smallest absolute Gasteiger partial charge is 0.254 e. The van der Waals surface area contributed by atoms with E-state index in [0.717, 1.165) is 19.3 Å². The first-order chi connectivity index (χ1) is 10.6. The average molecular weight is 303 g/mol. The fraction of sp³-hybridized carbons (Fsp3) is 0.533. The van der Waals surface area contributed by atoms with Crippen molar-refractivity contribution in [2.75, 3.05) is 36.8 Å². The summed E-state index contributed by atoms with van der Waals surface area (Å²) in [6, 6.07) is 1.44. The van der Waals surface area contributed by atoms with Crippen LogP contribution in [-0.2, 0) is 4.79 Å². The van der Waals surface area contributed by atoms with E-state index in [1.165, 1.54) is 6.07 Å². The molecule has 1 fully saturated rings. The van der Waals surface area contributed by atoms with Gasteiger partial charge in [0.2, 0.25) is 11.9 Å². The SMILES string of the molecule is Nc1nc(N2CCN(C(=O)[C@H]3CC=CCC3)CC2)cc(=O)[nH]1. The largest absolute Gasteiger partial charge is 0.369 e. The molecule has 2 aliphatic rings. The number of nitrogens with zero attached hydrogens (tertiary/aromatic N) is 3. The number of nitrogens with one attached hydrogen (secondary N) is 1. The first kappa shape index (κ1) is 14.6. The summed E-state index contributed by atoms with van der Waals surface area (Å²) in [5, 5.41) is 0. The van der Waals surface area contributed by atoms with Crippen LogP contribution < -0.4 is 16.2 Å². The number of piperazine rings is 1. The van der Waals surface area contributed by atoms with Gasteiger partial charge >= 0.3 is 0 Å². The standard InChI is InChI=1S/C15H21N5O2/c16-15-17-12(10-13(21)18-15)19-6-8-20(9-7-19)14(22)11-4-2-1-3-5-11/h1-2,10-11H,3-9H2,(H3,16,17,18,21)/t11-/m0/s1. The van der Waals surface area contributed by atoms with Crippen LogP contribution in [0.4, 0.5) is 11.8 Å². The van der Waals surface area contributed by atoms with E-state index in [0.29, 0.717) is 32.0 Å². The maximum atomic E-state index is 12.5. The van der Waals surface area contributed by atoms with Gasteiger partial charge in [0, 0.05) is 38.2 Å². The lowest BCUT2D eigenvalue weighted by atomic mass is 9.93. The van der Waals surface area contributed by atoms with Gasteiger partial charge in [-0.15, -0.1) is 0 Å². The summed E-state index contributed by atoms with van der Waals surface area (Å²) in [7, 11) is 0. The van der Waals surface area contributed by atoms with Crippen LogP contribution in [0.25, 0.3) is 0 Å². The van der Waals surface area contributed by atoms with Crippen LogP contribution >= 0.6 is 0 Å². The summed E-state index contributed by atoms with van der Waals surface area (Å²) in [6.45, 7) is 2.66. The van der Waals surface area contributed by atoms with Gasteiger partial charge in [0.05, 0.1) is 0 Å². The molecule has 1 atom stereocenters. The van der Waals surface area contributed by atoms with Crippen LogP contribution in [0.5, 0.6) is 0 Å². The Morgan fingerprint density at radius 3 is 2.68 bits per heavy atom. The fourth-order valence-corrected chi connectivity index (χ4v) is 3.06. The highest BCUT2D eigenvalue weighted by Gasteiger charge is 2.27. The second-order valence-corrected chi connectivity index (χ2v) is 5.78. The summed E-state index contributed by atoms with van der Waals surface area (Å²) >= 11 is 0. The number of anilines is 2. The molecule has 0 aromatic carbocycles. The molecule has 118 valence electrons. The van der Waals surface area contributed by atoms with E-state index in [2.05, 4.69) is 22.1 Å². The predicted molar refractivity (Wildman–Crippen MR) is 84.5 cm³/mol. The number of carbonyl (C=O) groups excluding carboxylic acids is 1. The molecule has 1 aliphatic heterocycles. The third kappa shape index (κ3) is 3.13. The molecule has 1 aromatic rings. The lowest BCUT2D eigenvalue weighted by Gasteiger charge is -2.37. The molecule has 0 radical (unpaired) electrons. The highest BCUT2D eigenvalue weighted by molar-refractivity contribution is 5.79. The molecule has 0 spiro atoms. The van der Waals surface area contributed by atoms with E-state index >= 15 is 0 Å². The van der Waals surface area contributed by atoms with Crippen molar-refractivity contribution in [2.24, 2.45) is 5.92 Å². The first-order valence-electron chi connectivity index (χ1n) is 7.69. The topological polar surface area (TPSA) is 95.3 Å². The van der Waals surface area contributed by atoms with E-state index in [1.54, 1.807) is 0 Å². The highest BCUT2D eigenvalue weighted by Crippen LogP contribution is 2.22. The van der Waals surface area contributed by atoms with Gasteiger partial charge in [-0.1, -0.05) is 12.2 Å². The molecular formula is C15H21N5O2. The Morgan fingerprint density at radius 1 is 1.27 bits per heavy atom. The van der Waals surface area contributed by atoms with Gasteiger partial charge < -0.3 is 15.5 Å². The Kier molecular flexibility index (Phi) is 4.13. The third-order valence-corrected chi connectivity index (χ3v) is 4.28. The van der Waals surface area contributed by atoms with E-state index in [4.69, 9.17) is 5.73 Å². The molecule has 1 amide bonds. The summed E-state index contributed by atoms with van der Waals surface area (Å²) in [4.78, 5) is 34.5. The zero-order valence-corrected chi connectivity index (χ0v) is 12.5. The van der Waals surface area contributed by atoms with Crippen molar-refractivity contribution in [3.8, 4) is 0 Å². The highest BCUT2D eigenvalue weighted by atomic mass is 16.2. The number of rotatable bonds is 2. The zero-order valence-electron chi connectivity index (χ0n) is 12.5. The maximum Gasteiger partial charge on any atom is 0.254 e. The molecular weight excluding hydrogens is 282 g/mol. The van der Waals surface area contributed by atoms with E-state index in [1.807, 2.05) is 9.80 Å². The number of nitrogen functional groups attached to an aromatic ring is 1. The van der Waals surface area contributed by atoms with Crippen LogP contribution in [0.3, 0.4) is 0 Å². The Bertz CT molecular complexity index is 631. The van der Waals surface area contributed by atoms with Crippen LogP contribution in [0.2, 0.25) is 0 Å². The van der Waals surface area contributed by atoms with Crippen molar-refractivity contribution in [3.05, 3.63) is 28.6 Å². The Hall–Kier alpha value is -2.31. The minimum atomic E-state index is -0.255. The number of H-pyrrole nitrogens is 1. The monoisotopic (exact) mass is 303 g/mol. The van der Waals surface area contributed by atoms with E-state index in [9.17, 15) is 9.59 Å². The van der Waals surface area contributed by atoms with Crippen LogP contribution in [0.1, 0.15) is 19.3 Å². The van der Waals surface area contributed by atoms with Gasteiger partial charge in [0.1, 0.15) is 5.82 Å². The number of hydrogen-bond acceptors (Lipinski definition) is 5. The molecule has 3 N–H and O–H groups in total. The molecule has 22 heavy (non-hydrogen) atoms. The molecule has 1 aromatic heterocycles. The van der Waals surface area contributed by atoms with E-state index < -0.39 is 0 Å². The number of aromatic amines is 1. The molecule has 7 nitrogen and oxygen atoms in total. The van der Waals surface area contributed by atoms with Crippen LogP contribution in [0, 0.1) is 5.92 Å². The van der Waals surface area contributed by atoms with Crippen molar-refractivity contribution in [1.82, 2.24) is 14.9 Å². The van der Waals surface area contributed by atoms with Gasteiger partial charge in [-0.05, 0) is 19.3 Å². The van der Waals surface area contributed by atoms with Gasteiger partial charge in [0.25, 0.3) is 5.56 Å². The Labute approximate surface area is 128 Å². The number of nitrogens with two attached hydrogens (primary N) is 1. The second-order valence-electron chi connectivity index (χ2n) is 5.78. The number of allylic oxidation sites excluding steroid dienone is 2. The molecule has 0 saturated carbocycles. The van der Waals surface area contributed by atoms with Crippen molar-refractivity contribution >= 4 is 17.7 Å². The quantitative estimate of drug-likeness (QED) is 0.769. The van der Waals surface area contributed by atoms with Crippen molar-refractivity contribution in [1.29, 1.82) is 0 Å². The van der Waals surface area contributed by atoms with E-state index in [-0.39, 0.29) is 23.3 Å². The molecule has 7 heteroatoms. The minimum Gasteiger partial charge on any atom is -0.369 e. The number of carbonyl (C=O) groups is 1. The van der Waals surface area contributed by atoms with Crippen molar-refractivity contribution in [3.63, 3.8) is 0 Å². The van der Waals surface area contributed by atoms with Crippen molar-refractivity contribution in [2.45, 2.75) is 19.3 Å². The second kappa shape index (κ2) is 6.21. The summed E-state index contributed by atoms with van der Waals surface area (Å²) in [5.74, 6) is 1.08. The number of aromatic nitrogens is 2. The molecule has 3 rings (SSSR count). The Morgan fingerprint density at radius 2 is 2.05 bits per heavy atom. The zero-order chi connectivity index (χ0) is 15.5. The number of hydrogen-bond donors (Lipinski definition) is 2.